The molecule has 0 aliphatic carbocycles. The molecule has 24 heavy (non-hydrogen) atoms. The Labute approximate surface area is 148 Å². The van der Waals surface area contributed by atoms with Gasteiger partial charge in [-0.3, -0.25) is 14.9 Å². The van der Waals surface area contributed by atoms with Gasteiger partial charge < -0.3 is 4.74 Å². The van der Waals surface area contributed by atoms with Crippen LogP contribution in [0, 0.1) is 10.1 Å². The molecule has 1 N–H and O–H groups in total. The zero-order valence-corrected chi connectivity index (χ0v) is 13.8. The average molecular weight is 387 g/mol. The molecule has 0 spiro atoms. The van der Waals surface area contributed by atoms with Gasteiger partial charge >= 0.3 is 0 Å². The van der Waals surface area contributed by atoms with Gasteiger partial charge in [0.05, 0.1) is 30.8 Å². The van der Waals surface area contributed by atoms with E-state index in [4.69, 9.17) is 39.5 Å². The summed E-state index contributed by atoms with van der Waals surface area (Å²) in [5, 5.41) is 17.5. The van der Waals surface area contributed by atoms with E-state index in [9.17, 15) is 14.9 Å². The zero-order chi connectivity index (χ0) is 17.4. The van der Waals surface area contributed by atoms with Gasteiger partial charge in [0.15, 0.2) is 5.75 Å². The van der Waals surface area contributed by atoms with Crippen molar-refractivity contribution in [3.05, 3.63) is 65.9 Å². The minimum absolute atomic E-state index is 0.00440. The molecule has 0 saturated heterocycles. The Morgan fingerprint density at radius 1 is 1.12 bits per heavy atom. The van der Waals surface area contributed by atoms with E-state index in [1.54, 1.807) is 18.2 Å². The third kappa shape index (κ3) is 2.89. The highest BCUT2D eigenvalue weighted by Crippen LogP contribution is 2.40. The molecule has 0 radical (unpaired) electrons. The van der Waals surface area contributed by atoms with Crippen LogP contribution in [0.25, 0.3) is 10.8 Å². The van der Waals surface area contributed by atoms with Crippen molar-refractivity contribution >= 4 is 51.3 Å². The second-order valence-electron chi connectivity index (χ2n) is 4.62. The number of hydrogen-bond donors (Lipinski definition) is 1. The summed E-state index contributed by atoms with van der Waals surface area (Å²) in [5.41, 5.74) is -0.761. The van der Waals surface area contributed by atoms with Crippen LogP contribution in [0.2, 0.25) is 15.1 Å². The number of aromatic amines is 1. The lowest BCUT2D eigenvalue weighted by atomic mass is 10.2. The topological polar surface area (TPSA) is 98.1 Å². The van der Waals surface area contributed by atoms with Gasteiger partial charge in [-0.25, -0.2) is 5.10 Å². The van der Waals surface area contributed by atoms with Gasteiger partial charge in [-0.1, -0.05) is 40.9 Å². The van der Waals surface area contributed by atoms with Crippen molar-refractivity contribution < 1.29 is 9.66 Å². The van der Waals surface area contributed by atoms with Crippen molar-refractivity contribution in [2.24, 2.45) is 0 Å². The number of hydrogen-bond acceptors (Lipinski definition) is 5. The number of nitro groups is 1. The normalized spacial score (nSPS) is 10.8. The third-order valence-electron chi connectivity index (χ3n) is 3.12. The molecule has 0 fully saturated rings. The monoisotopic (exact) mass is 385 g/mol. The highest BCUT2D eigenvalue weighted by Gasteiger charge is 2.19. The summed E-state index contributed by atoms with van der Waals surface area (Å²) in [6.07, 6.45) is 0. The number of benzene rings is 2. The van der Waals surface area contributed by atoms with Crippen LogP contribution in [0.15, 0.2) is 35.1 Å². The minimum Gasteiger partial charge on any atom is -0.434 e. The summed E-state index contributed by atoms with van der Waals surface area (Å²) in [7, 11) is 0. The number of ether oxygens (including phenoxy) is 1. The predicted molar refractivity (Wildman–Crippen MR) is 90.6 cm³/mol. The van der Waals surface area contributed by atoms with Gasteiger partial charge in [-0.2, -0.15) is 0 Å². The number of fused-ring (bicyclic) bond motifs is 1. The summed E-state index contributed by atoms with van der Waals surface area (Å²) < 4.78 is 5.57. The molecule has 0 unspecified atom stereocenters. The van der Waals surface area contributed by atoms with Gasteiger partial charge in [0.2, 0.25) is 5.88 Å². The molecule has 0 saturated carbocycles. The quantitative estimate of drug-likeness (QED) is 0.524. The van der Waals surface area contributed by atoms with Gasteiger partial charge in [-0.15, -0.1) is 5.10 Å². The largest absolute Gasteiger partial charge is 0.434 e. The number of nitro benzene ring substituents is 1. The molecule has 0 atom stereocenters. The smallest absolute Gasteiger partial charge is 0.273 e. The van der Waals surface area contributed by atoms with Crippen molar-refractivity contribution in [1.29, 1.82) is 0 Å². The molecule has 0 bridgehead atoms. The van der Waals surface area contributed by atoms with Crippen LogP contribution >= 0.6 is 34.8 Å². The molecule has 10 heteroatoms. The number of aromatic nitrogens is 2. The molecule has 3 rings (SSSR count). The molecule has 122 valence electrons. The molecule has 0 aliphatic rings. The van der Waals surface area contributed by atoms with Crippen molar-refractivity contribution in [3.8, 4) is 11.6 Å². The molecule has 3 aromatic rings. The molecule has 0 aliphatic heterocycles. The highest BCUT2D eigenvalue weighted by atomic mass is 35.5. The van der Waals surface area contributed by atoms with Gasteiger partial charge in [0, 0.05) is 12.1 Å². The number of nitrogens with one attached hydrogen (secondary N) is 1. The molecular weight excluding hydrogens is 381 g/mol. The Balaban J connectivity index is 2.15. The van der Waals surface area contributed by atoms with Gasteiger partial charge in [0.25, 0.3) is 11.2 Å². The van der Waals surface area contributed by atoms with E-state index in [1.165, 1.54) is 0 Å². The van der Waals surface area contributed by atoms with E-state index < -0.39 is 10.5 Å². The summed E-state index contributed by atoms with van der Waals surface area (Å²) in [6.45, 7) is 0. The van der Waals surface area contributed by atoms with Crippen LogP contribution in [0.1, 0.15) is 0 Å². The number of halogens is 3. The van der Waals surface area contributed by atoms with Crippen LogP contribution in [0.3, 0.4) is 0 Å². The Morgan fingerprint density at radius 3 is 2.42 bits per heavy atom. The van der Waals surface area contributed by atoms with E-state index in [0.717, 1.165) is 12.1 Å². The molecule has 2 aromatic carbocycles. The Morgan fingerprint density at radius 2 is 1.79 bits per heavy atom. The van der Waals surface area contributed by atoms with Crippen LogP contribution in [0.5, 0.6) is 11.6 Å². The lowest BCUT2D eigenvalue weighted by Gasteiger charge is -2.10. The Kier molecular flexibility index (Phi) is 4.31. The lowest BCUT2D eigenvalue weighted by Crippen LogP contribution is -2.10. The van der Waals surface area contributed by atoms with E-state index in [0.29, 0.717) is 5.39 Å². The SMILES string of the molecule is O=c1[nH]nc(Oc2c(Cl)cc([N+](=O)[O-])cc2Cl)c2cccc(Cl)c12. The van der Waals surface area contributed by atoms with Gasteiger partial charge in [0.1, 0.15) is 0 Å². The van der Waals surface area contributed by atoms with Crippen molar-refractivity contribution in [2.75, 3.05) is 0 Å². The van der Waals surface area contributed by atoms with E-state index in [1.807, 2.05) is 0 Å². The van der Waals surface area contributed by atoms with Crippen LogP contribution in [0.4, 0.5) is 5.69 Å². The maximum absolute atomic E-state index is 11.9. The van der Waals surface area contributed by atoms with Crippen molar-refractivity contribution in [2.45, 2.75) is 0 Å². The van der Waals surface area contributed by atoms with E-state index in [-0.39, 0.29) is 37.8 Å². The fourth-order valence-electron chi connectivity index (χ4n) is 2.07. The molecule has 7 nitrogen and oxygen atoms in total. The maximum atomic E-state index is 11.9. The number of non-ortho nitro benzene ring substituents is 1. The minimum atomic E-state index is -0.630. The first-order valence-corrected chi connectivity index (χ1v) is 7.50. The fraction of sp³-hybridized carbons (Fsp3) is 0. The Hall–Kier alpha value is -2.35. The fourth-order valence-corrected chi connectivity index (χ4v) is 2.89. The first-order valence-electron chi connectivity index (χ1n) is 6.36. The first-order chi connectivity index (χ1) is 11.4. The van der Waals surface area contributed by atoms with E-state index >= 15 is 0 Å². The van der Waals surface area contributed by atoms with Crippen LogP contribution in [-0.4, -0.2) is 15.1 Å². The number of H-pyrrole nitrogens is 1. The third-order valence-corrected chi connectivity index (χ3v) is 4.00. The average Bonchev–Trinajstić information content (AvgIpc) is 2.52. The maximum Gasteiger partial charge on any atom is 0.273 e. The van der Waals surface area contributed by atoms with Crippen LogP contribution in [-0.2, 0) is 0 Å². The number of nitrogens with zero attached hydrogens (tertiary/aromatic N) is 2. The lowest BCUT2D eigenvalue weighted by molar-refractivity contribution is -0.384. The highest BCUT2D eigenvalue weighted by molar-refractivity contribution is 6.37. The number of rotatable bonds is 3. The summed E-state index contributed by atoms with van der Waals surface area (Å²) >= 11 is 18.0. The zero-order valence-electron chi connectivity index (χ0n) is 11.5. The first kappa shape index (κ1) is 16.5. The molecule has 1 heterocycles. The second kappa shape index (κ2) is 6.27. The second-order valence-corrected chi connectivity index (χ2v) is 5.84. The summed E-state index contributed by atoms with van der Waals surface area (Å²) in [4.78, 5) is 22.0. The predicted octanol–water partition coefficient (Wildman–Crippen LogP) is 4.58. The van der Waals surface area contributed by atoms with Crippen molar-refractivity contribution in [1.82, 2.24) is 10.2 Å². The molecule has 0 amide bonds. The summed E-state index contributed by atoms with van der Waals surface area (Å²) in [6, 6.07) is 6.96. The van der Waals surface area contributed by atoms with Gasteiger partial charge in [-0.05, 0) is 12.1 Å². The van der Waals surface area contributed by atoms with E-state index in [2.05, 4.69) is 10.2 Å². The molecule has 1 aromatic heterocycles. The van der Waals surface area contributed by atoms with Crippen molar-refractivity contribution in [3.63, 3.8) is 0 Å². The molecular formula is C14H6Cl3N3O4. The summed E-state index contributed by atoms with van der Waals surface area (Å²) in [5.74, 6) is -0.0190. The van der Waals surface area contributed by atoms with Crippen LogP contribution < -0.4 is 10.3 Å². The standard InChI is InChI=1S/C14H6Cl3N3O4/c15-8-3-1-2-7-11(8)13(21)18-19-14(7)24-12-9(16)4-6(20(22)23)5-10(12)17/h1-5H,(H,18,21). The Bertz CT molecular complexity index is 1010.